The Balaban J connectivity index is 1.22. The van der Waals surface area contributed by atoms with Crippen LogP contribution >= 0.6 is 0 Å². The van der Waals surface area contributed by atoms with Crippen molar-refractivity contribution in [3.05, 3.63) is 175 Å². The number of anilines is 5. The summed E-state index contributed by atoms with van der Waals surface area (Å²) in [5.74, 6) is 0. The molecular weight excluding hydrogens is 550 g/mol. The van der Waals surface area contributed by atoms with Crippen molar-refractivity contribution < 1.29 is 0 Å². The topological polar surface area (TPSA) is 35.9 Å². The summed E-state index contributed by atoms with van der Waals surface area (Å²) in [6.07, 6.45) is 0. The molecule has 0 aliphatic rings. The maximum Gasteiger partial charge on any atom is 0.110 e. The Morgan fingerprint density at radius 2 is 0.956 bits per heavy atom. The molecule has 4 heteroatoms. The van der Waals surface area contributed by atoms with Gasteiger partial charge in [0.15, 0.2) is 0 Å². The zero-order valence-electron chi connectivity index (χ0n) is 24.9. The summed E-state index contributed by atoms with van der Waals surface area (Å²) in [6.45, 7) is 0. The van der Waals surface area contributed by atoms with Crippen LogP contribution in [0.25, 0.3) is 33.0 Å². The van der Waals surface area contributed by atoms with Gasteiger partial charge in [0.2, 0.25) is 0 Å². The largest absolute Gasteiger partial charge is 0.345 e. The summed E-state index contributed by atoms with van der Waals surface area (Å²) in [6, 6.07) is 58.9. The number of hydrogen-bond donors (Lipinski definition) is 0. The molecule has 45 heavy (non-hydrogen) atoms. The van der Waals surface area contributed by atoms with E-state index in [9.17, 15) is 4.91 Å². The van der Waals surface area contributed by atoms with E-state index >= 15 is 0 Å². The number of hydrogen-bond acceptors (Lipinski definition) is 4. The van der Waals surface area contributed by atoms with Gasteiger partial charge in [-0.15, -0.1) is 4.91 Å². The van der Waals surface area contributed by atoms with Crippen molar-refractivity contribution >= 4 is 44.9 Å². The van der Waals surface area contributed by atoms with Crippen molar-refractivity contribution in [2.45, 2.75) is 0 Å². The van der Waals surface area contributed by atoms with Crippen molar-refractivity contribution in [1.82, 2.24) is 0 Å². The first-order chi connectivity index (χ1) is 22.2. The molecule has 0 aliphatic carbocycles. The standard InChI is InChI=1S/C41H31N3O/c1-43(39-15-8-14-36(29-39)42-45)37-22-17-32(18-23-37)33-19-24-38(25-20-33)44(41-26-21-31-11-5-6-12-34(31)28-41)40-16-7-13-35(27-40)30-9-3-2-4-10-30/h2-29H,1H3. The van der Waals surface area contributed by atoms with E-state index in [-0.39, 0.29) is 0 Å². The first-order valence-corrected chi connectivity index (χ1v) is 15.0. The van der Waals surface area contributed by atoms with E-state index in [1.807, 2.05) is 30.1 Å². The van der Waals surface area contributed by atoms with Crippen molar-refractivity contribution in [1.29, 1.82) is 0 Å². The van der Waals surface area contributed by atoms with Gasteiger partial charge in [0.05, 0.1) is 0 Å². The van der Waals surface area contributed by atoms with Crippen LogP contribution in [0.1, 0.15) is 0 Å². The summed E-state index contributed by atoms with van der Waals surface area (Å²) in [5.41, 5.74) is 10.3. The molecule has 0 unspecified atom stereocenters. The summed E-state index contributed by atoms with van der Waals surface area (Å²) in [5, 5.41) is 5.49. The molecule has 0 atom stereocenters. The van der Waals surface area contributed by atoms with Gasteiger partial charge in [-0.3, -0.25) is 0 Å². The van der Waals surface area contributed by atoms with Crippen molar-refractivity contribution in [3.8, 4) is 22.3 Å². The fraction of sp³-hybridized carbons (Fsp3) is 0.0244. The van der Waals surface area contributed by atoms with E-state index in [2.05, 4.69) is 150 Å². The maximum atomic E-state index is 11.0. The highest BCUT2D eigenvalue weighted by Gasteiger charge is 2.15. The zero-order chi connectivity index (χ0) is 30.6. The molecule has 0 fully saturated rings. The van der Waals surface area contributed by atoms with Gasteiger partial charge in [-0.05, 0) is 105 Å². The third-order valence-electron chi connectivity index (χ3n) is 8.24. The van der Waals surface area contributed by atoms with Crippen LogP contribution in [0.15, 0.2) is 175 Å². The molecule has 7 aromatic rings. The number of rotatable bonds is 8. The van der Waals surface area contributed by atoms with Crippen LogP contribution in [-0.2, 0) is 0 Å². The van der Waals surface area contributed by atoms with Crippen LogP contribution in [0.5, 0.6) is 0 Å². The average Bonchev–Trinajstić information content (AvgIpc) is 3.12. The van der Waals surface area contributed by atoms with Gasteiger partial charge in [0, 0.05) is 35.5 Å². The van der Waals surface area contributed by atoms with Crippen molar-refractivity contribution in [2.75, 3.05) is 16.8 Å². The number of benzene rings is 7. The number of nitrogens with zero attached hydrogens (tertiary/aromatic N) is 3. The van der Waals surface area contributed by atoms with Crippen LogP contribution in [0, 0.1) is 4.91 Å². The quantitative estimate of drug-likeness (QED) is 0.167. The molecule has 0 saturated heterocycles. The second-order valence-corrected chi connectivity index (χ2v) is 11.0. The second kappa shape index (κ2) is 12.3. The minimum atomic E-state index is 0.417. The highest BCUT2D eigenvalue weighted by atomic mass is 16.3. The van der Waals surface area contributed by atoms with Crippen molar-refractivity contribution in [3.63, 3.8) is 0 Å². The molecule has 0 spiro atoms. The van der Waals surface area contributed by atoms with Gasteiger partial charge in [0.25, 0.3) is 0 Å². The van der Waals surface area contributed by atoms with Crippen LogP contribution in [-0.4, -0.2) is 7.05 Å². The lowest BCUT2D eigenvalue weighted by atomic mass is 10.0. The van der Waals surface area contributed by atoms with E-state index in [4.69, 9.17) is 0 Å². The fourth-order valence-electron chi connectivity index (χ4n) is 5.81. The molecular formula is C41H31N3O. The molecule has 216 valence electrons. The SMILES string of the molecule is CN(c1ccc(-c2ccc(N(c3cccc(-c4ccccc4)c3)c3ccc4ccccc4c3)cc2)cc1)c1cccc(N=O)c1. The molecule has 0 N–H and O–H groups in total. The minimum absolute atomic E-state index is 0.417. The minimum Gasteiger partial charge on any atom is -0.345 e. The third-order valence-corrected chi connectivity index (χ3v) is 8.24. The fourth-order valence-corrected chi connectivity index (χ4v) is 5.81. The normalized spacial score (nSPS) is 10.9. The van der Waals surface area contributed by atoms with Gasteiger partial charge in [-0.25, -0.2) is 0 Å². The molecule has 7 aromatic carbocycles. The van der Waals surface area contributed by atoms with Crippen LogP contribution in [0.3, 0.4) is 0 Å². The Bertz CT molecular complexity index is 2090. The molecule has 0 aliphatic heterocycles. The highest BCUT2D eigenvalue weighted by molar-refractivity contribution is 5.90. The van der Waals surface area contributed by atoms with Crippen LogP contribution in [0.4, 0.5) is 34.1 Å². The second-order valence-electron chi connectivity index (χ2n) is 11.0. The Morgan fingerprint density at radius 3 is 1.69 bits per heavy atom. The first kappa shape index (κ1) is 27.8. The van der Waals surface area contributed by atoms with E-state index in [1.54, 1.807) is 12.1 Å². The van der Waals surface area contributed by atoms with Gasteiger partial charge in [0.1, 0.15) is 5.69 Å². The lowest BCUT2D eigenvalue weighted by Gasteiger charge is -2.26. The summed E-state index contributed by atoms with van der Waals surface area (Å²) < 4.78 is 0. The Morgan fingerprint density at radius 1 is 0.400 bits per heavy atom. The lowest BCUT2D eigenvalue weighted by molar-refractivity contribution is 1.21. The van der Waals surface area contributed by atoms with Gasteiger partial charge in [-0.2, -0.15) is 0 Å². The van der Waals surface area contributed by atoms with Gasteiger partial charge in [-0.1, -0.05) is 103 Å². The van der Waals surface area contributed by atoms with E-state index in [0.29, 0.717) is 5.69 Å². The molecule has 4 nitrogen and oxygen atoms in total. The van der Waals surface area contributed by atoms with Gasteiger partial charge < -0.3 is 9.80 Å². The summed E-state index contributed by atoms with van der Waals surface area (Å²) in [4.78, 5) is 15.4. The smallest absolute Gasteiger partial charge is 0.110 e. The number of fused-ring (bicyclic) bond motifs is 1. The maximum absolute atomic E-state index is 11.0. The molecule has 0 bridgehead atoms. The monoisotopic (exact) mass is 581 g/mol. The summed E-state index contributed by atoms with van der Waals surface area (Å²) >= 11 is 0. The van der Waals surface area contributed by atoms with E-state index < -0.39 is 0 Å². The average molecular weight is 582 g/mol. The molecule has 0 radical (unpaired) electrons. The van der Waals surface area contributed by atoms with E-state index in [1.165, 1.54) is 21.9 Å². The number of nitroso groups, excluding NO2 is 1. The summed E-state index contributed by atoms with van der Waals surface area (Å²) in [7, 11) is 1.99. The Hall–Kier alpha value is -6.00. The third kappa shape index (κ3) is 5.82. The Labute approximate surface area is 263 Å². The predicted octanol–water partition coefficient (Wildman–Crippen LogP) is 11.8. The molecule has 0 heterocycles. The molecule has 0 aromatic heterocycles. The zero-order valence-corrected chi connectivity index (χ0v) is 24.9. The lowest BCUT2D eigenvalue weighted by Crippen LogP contribution is -2.10. The molecule has 7 rings (SSSR count). The first-order valence-electron chi connectivity index (χ1n) is 15.0. The Kier molecular flexibility index (Phi) is 7.61. The van der Waals surface area contributed by atoms with Crippen LogP contribution < -0.4 is 9.80 Å². The van der Waals surface area contributed by atoms with Gasteiger partial charge >= 0.3 is 0 Å². The highest BCUT2D eigenvalue weighted by Crippen LogP contribution is 2.39. The van der Waals surface area contributed by atoms with Crippen LogP contribution in [0.2, 0.25) is 0 Å². The van der Waals surface area contributed by atoms with E-state index in [0.717, 1.165) is 39.6 Å². The predicted molar refractivity (Wildman–Crippen MR) is 189 cm³/mol. The molecule has 0 saturated carbocycles. The molecule has 0 amide bonds. The van der Waals surface area contributed by atoms with Crippen molar-refractivity contribution in [2.24, 2.45) is 5.18 Å².